The van der Waals surface area contributed by atoms with Crippen molar-refractivity contribution in [3.8, 4) is 0 Å². The number of hydrogen-bond acceptors (Lipinski definition) is 1. The molecule has 0 aromatic heterocycles. The maximum Gasteiger partial charge on any atom is 0.00669 e. The smallest absolute Gasteiger partial charge is 0.00669 e. The van der Waals surface area contributed by atoms with Crippen LogP contribution in [0.1, 0.15) is 73.1 Å². The summed E-state index contributed by atoms with van der Waals surface area (Å²) in [4.78, 5) is 0. The fraction of sp³-hybridized carbons (Fsp3) is 1.00. The highest BCUT2D eigenvalue weighted by Gasteiger charge is 2.29. The zero-order valence-corrected chi connectivity index (χ0v) is 12.7. The Kier molecular flexibility index (Phi) is 5.99. The lowest BCUT2D eigenvalue weighted by molar-refractivity contribution is 0.210. The molecule has 0 bridgehead atoms. The minimum atomic E-state index is 0.509. The second kappa shape index (κ2) is 6.78. The van der Waals surface area contributed by atoms with Crippen molar-refractivity contribution in [2.75, 3.05) is 6.54 Å². The molecule has 1 saturated carbocycles. The molecular formula is C16H33N. The van der Waals surface area contributed by atoms with E-state index in [9.17, 15) is 0 Å². The molecule has 1 aliphatic carbocycles. The molecule has 1 fully saturated rings. The van der Waals surface area contributed by atoms with Gasteiger partial charge in [0.15, 0.2) is 0 Å². The molecule has 0 aromatic carbocycles. The SMILES string of the molecule is CCCNC(C)C1CCCC(C(C)(C)C)CC1. The van der Waals surface area contributed by atoms with Gasteiger partial charge in [0.2, 0.25) is 0 Å². The van der Waals surface area contributed by atoms with Crippen LogP contribution in [0.25, 0.3) is 0 Å². The third-order valence-electron chi connectivity index (χ3n) is 4.66. The lowest BCUT2D eigenvalue weighted by Gasteiger charge is -2.30. The van der Waals surface area contributed by atoms with Crippen molar-refractivity contribution in [1.82, 2.24) is 5.32 Å². The average molecular weight is 239 g/mol. The van der Waals surface area contributed by atoms with Gasteiger partial charge >= 0.3 is 0 Å². The van der Waals surface area contributed by atoms with Crippen LogP contribution in [0.4, 0.5) is 0 Å². The van der Waals surface area contributed by atoms with E-state index in [1.54, 1.807) is 0 Å². The molecule has 0 aliphatic heterocycles. The molecule has 1 N–H and O–H groups in total. The molecule has 17 heavy (non-hydrogen) atoms. The zero-order valence-electron chi connectivity index (χ0n) is 12.7. The van der Waals surface area contributed by atoms with Crippen molar-refractivity contribution in [3.63, 3.8) is 0 Å². The lowest BCUT2D eigenvalue weighted by Crippen LogP contribution is -2.34. The molecule has 1 heteroatoms. The number of nitrogens with one attached hydrogen (secondary N) is 1. The summed E-state index contributed by atoms with van der Waals surface area (Å²) < 4.78 is 0. The van der Waals surface area contributed by atoms with E-state index in [0.29, 0.717) is 11.5 Å². The van der Waals surface area contributed by atoms with Crippen LogP contribution >= 0.6 is 0 Å². The molecule has 0 aromatic rings. The van der Waals surface area contributed by atoms with E-state index in [4.69, 9.17) is 0 Å². The van der Waals surface area contributed by atoms with Crippen molar-refractivity contribution in [2.24, 2.45) is 17.3 Å². The maximum atomic E-state index is 3.68. The van der Waals surface area contributed by atoms with E-state index >= 15 is 0 Å². The molecule has 1 nitrogen and oxygen atoms in total. The van der Waals surface area contributed by atoms with Gasteiger partial charge in [0.1, 0.15) is 0 Å². The van der Waals surface area contributed by atoms with Gasteiger partial charge in [0, 0.05) is 6.04 Å². The summed E-state index contributed by atoms with van der Waals surface area (Å²) in [6, 6.07) is 0.716. The van der Waals surface area contributed by atoms with E-state index < -0.39 is 0 Å². The molecule has 0 saturated heterocycles. The zero-order chi connectivity index (χ0) is 12.9. The monoisotopic (exact) mass is 239 g/mol. The molecule has 1 aliphatic rings. The highest BCUT2D eigenvalue weighted by molar-refractivity contribution is 4.82. The van der Waals surface area contributed by atoms with Crippen molar-refractivity contribution in [3.05, 3.63) is 0 Å². The van der Waals surface area contributed by atoms with E-state index in [1.807, 2.05) is 0 Å². The second-order valence-electron chi connectivity index (χ2n) is 7.07. The van der Waals surface area contributed by atoms with Crippen LogP contribution in [-0.2, 0) is 0 Å². The highest BCUT2D eigenvalue weighted by Crippen LogP contribution is 2.39. The molecule has 0 heterocycles. The van der Waals surface area contributed by atoms with E-state index in [-0.39, 0.29) is 0 Å². The molecule has 0 spiro atoms. The summed E-state index contributed by atoms with van der Waals surface area (Å²) in [6.07, 6.45) is 8.43. The van der Waals surface area contributed by atoms with Crippen molar-refractivity contribution in [1.29, 1.82) is 0 Å². The van der Waals surface area contributed by atoms with Crippen molar-refractivity contribution in [2.45, 2.75) is 79.2 Å². The Morgan fingerprint density at radius 1 is 1.12 bits per heavy atom. The molecular weight excluding hydrogens is 206 g/mol. The first kappa shape index (κ1) is 15.0. The van der Waals surface area contributed by atoms with Crippen molar-refractivity contribution < 1.29 is 0 Å². The third kappa shape index (κ3) is 4.99. The van der Waals surface area contributed by atoms with Gasteiger partial charge in [-0.2, -0.15) is 0 Å². The molecule has 3 atom stereocenters. The molecule has 1 rings (SSSR count). The van der Waals surface area contributed by atoms with Gasteiger partial charge in [-0.15, -0.1) is 0 Å². The Bertz CT molecular complexity index is 204. The van der Waals surface area contributed by atoms with Gasteiger partial charge in [-0.3, -0.25) is 0 Å². The first-order valence-corrected chi connectivity index (χ1v) is 7.68. The summed E-state index contributed by atoms with van der Waals surface area (Å²) in [6.45, 7) is 13.1. The quantitative estimate of drug-likeness (QED) is 0.706. The fourth-order valence-corrected chi connectivity index (χ4v) is 3.24. The van der Waals surface area contributed by atoms with Crippen LogP contribution < -0.4 is 5.32 Å². The number of hydrogen-bond donors (Lipinski definition) is 1. The summed E-state index contributed by atoms with van der Waals surface area (Å²) in [5.74, 6) is 1.85. The summed E-state index contributed by atoms with van der Waals surface area (Å²) in [5, 5.41) is 3.68. The summed E-state index contributed by atoms with van der Waals surface area (Å²) in [7, 11) is 0. The minimum absolute atomic E-state index is 0.509. The summed E-state index contributed by atoms with van der Waals surface area (Å²) >= 11 is 0. The van der Waals surface area contributed by atoms with Crippen LogP contribution in [0.5, 0.6) is 0 Å². The maximum absolute atomic E-state index is 3.68. The van der Waals surface area contributed by atoms with E-state index in [0.717, 1.165) is 11.8 Å². The second-order valence-corrected chi connectivity index (χ2v) is 7.07. The van der Waals surface area contributed by atoms with E-state index in [1.165, 1.54) is 45.1 Å². The largest absolute Gasteiger partial charge is 0.314 e. The predicted octanol–water partition coefficient (Wildman–Crippen LogP) is 4.62. The molecule has 102 valence electrons. The van der Waals surface area contributed by atoms with Gasteiger partial charge in [-0.25, -0.2) is 0 Å². The van der Waals surface area contributed by atoms with Crippen LogP contribution in [0.3, 0.4) is 0 Å². The summed E-state index contributed by atoms with van der Waals surface area (Å²) in [5.41, 5.74) is 0.509. The van der Waals surface area contributed by atoms with Crippen LogP contribution in [0, 0.1) is 17.3 Å². The highest BCUT2D eigenvalue weighted by atomic mass is 14.9. The molecule has 0 amide bonds. The Balaban J connectivity index is 2.42. The topological polar surface area (TPSA) is 12.0 Å². The van der Waals surface area contributed by atoms with Gasteiger partial charge in [-0.1, -0.05) is 34.1 Å². The Morgan fingerprint density at radius 2 is 1.82 bits per heavy atom. The predicted molar refractivity (Wildman–Crippen MR) is 77.3 cm³/mol. The first-order chi connectivity index (χ1) is 7.95. The van der Waals surface area contributed by atoms with Gasteiger partial charge < -0.3 is 5.32 Å². The Morgan fingerprint density at radius 3 is 2.41 bits per heavy atom. The molecule has 0 radical (unpaired) electrons. The fourth-order valence-electron chi connectivity index (χ4n) is 3.24. The normalized spacial score (nSPS) is 28.8. The van der Waals surface area contributed by atoms with Crippen molar-refractivity contribution >= 4 is 0 Å². The first-order valence-electron chi connectivity index (χ1n) is 7.68. The van der Waals surface area contributed by atoms with Crippen LogP contribution in [-0.4, -0.2) is 12.6 Å². The van der Waals surface area contributed by atoms with Gasteiger partial charge in [-0.05, 0) is 62.8 Å². The standard InChI is InChI=1S/C16H33N/c1-6-12-17-13(2)14-8-7-9-15(11-10-14)16(3,4)5/h13-15,17H,6-12H2,1-5H3. The Hall–Kier alpha value is -0.0400. The lowest BCUT2D eigenvalue weighted by atomic mass is 9.76. The van der Waals surface area contributed by atoms with Crippen LogP contribution in [0.15, 0.2) is 0 Å². The third-order valence-corrected chi connectivity index (χ3v) is 4.66. The average Bonchev–Trinajstić information content (AvgIpc) is 2.50. The Labute approximate surface area is 109 Å². The minimum Gasteiger partial charge on any atom is -0.314 e. The number of rotatable bonds is 4. The van der Waals surface area contributed by atoms with E-state index in [2.05, 4.69) is 39.9 Å². The van der Waals surface area contributed by atoms with Crippen LogP contribution in [0.2, 0.25) is 0 Å². The van der Waals surface area contributed by atoms with Gasteiger partial charge in [0.25, 0.3) is 0 Å². The van der Waals surface area contributed by atoms with Gasteiger partial charge in [0.05, 0.1) is 0 Å². The molecule has 3 unspecified atom stereocenters.